The van der Waals surface area contributed by atoms with Gasteiger partial charge in [0.1, 0.15) is 47.0 Å². The van der Waals surface area contributed by atoms with E-state index in [1.54, 1.807) is 13.1 Å². The Labute approximate surface area is 255 Å². The second-order valence-electron chi connectivity index (χ2n) is 11.6. The number of hydrogen-bond donors (Lipinski definition) is 5. The number of methoxy groups -OCH3 is 1. The van der Waals surface area contributed by atoms with Crippen LogP contribution in [-0.2, 0) is 25.3 Å². The number of nitrogens with one attached hydrogen (secondary N) is 2. The minimum atomic E-state index is -5.39. The maximum absolute atomic E-state index is 14.7. The van der Waals surface area contributed by atoms with E-state index in [9.17, 15) is 32.3 Å². The van der Waals surface area contributed by atoms with E-state index in [4.69, 9.17) is 20.6 Å². The molecule has 1 fully saturated rings. The summed E-state index contributed by atoms with van der Waals surface area (Å²) in [6.07, 6.45) is 0.831. The number of carbonyl (C=O) groups excluding carboxylic acids is 2. The molecule has 2 aliphatic carbocycles. The summed E-state index contributed by atoms with van der Waals surface area (Å²) in [5.41, 5.74) is -0.338. The quantitative estimate of drug-likeness (QED) is 0.267. The number of halogens is 4. The molecule has 0 radical (unpaired) electrons. The van der Waals surface area contributed by atoms with Crippen molar-refractivity contribution in [2.45, 2.75) is 49.9 Å². The van der Waals surface area contributed by atoms with Crippen LogP contribution in [0.4, 0.5) is 17.6 Å². The van der Waals surface area contributed by atoms with E-state index in [0.29, 0.717) is 17.2 Å². The summed E-state index contributed by atoms with van der Waals surface area (Å²) >= 11 is 0. The molecule has 7 N–H and O–H groups in total. The molecule has 0 spiro atoms. The number of rotatable bonds is 9. The van der Waals surface area contributed by atoms with E-state index in [-0.39, 0.29) is 46.2 Å². The zero-order valence-corrected chi connectivity index (χ0v) is 24.6. The second kappa shape index (κ2) is 11.4. The van der Waals surface area contributed by atoms with E-state index in [1.165, 1.54) is 38.3 Å². The number of ether oxygens (including phenoxy) is 2. The number of allylic oxidation sites excluding steroid dienone is 2. The van der Waals surface area contributed by atoms with Crippen molar-refractivity contribution in [2.75, 3.05) is 20.3 Å². The molecule has 14 heteroatoms. The third-order valence-corrected chi connectivity index (χ3v) is 8.11. The molecule has 1 aliphatic heterocycles. The maximum atomic E-state index is 14.7. The van der Waals surface area contributed by atoms with Crippen LogP contribution in [0.2, 0.25) is 0 Å². The van der Waals surface area contributed by atoms with Crippen LogP contribution < -0.4 is 21.1 Å². The molecule has 10 nitrogen and oxygen atoms in total. The Kier molecular flexibility index (Phi) is 8.08. The summed E-state index contributed by atoms with van der Waals surface area (Å²) in [6.45, 7) is 1.24. The zero-order valence-electron chi connectivity index (χ0n) is 24.6. The predicted octanol–water partition coefficient (Wildman–Crippen LogP) is 2.30. The highest BCUT2D eigenvalue weighted by molar-refractivity contribution is 6.15. The first-order chi connectivity index (χ1) is 21.1. The van der Waals surface area contributed by atoms with Crippen molar-refractivity contribution in [3.63, 3.8) is 0 Å². The Morgan fingerprint density at radius 1 is 1.27 bits per heavy atom. The van der Waals surface area contributed by atoms with Gasteiger partial charge in [0.05, 0.1) is 31.0 Å². The van der Waals surface area contributed by atoms with Crippen molar-refractivity contribution in [2.24, 2.45) is 5.73 Å². The van der Waals surface area contributed by atoms with Gasteiger partial charge in [-0.2, -0.15) is 13.2 Å². The minimum absolute atomic E-state index is 0.0000730. The molecule has 2 aromatic rings. The van der Waals surface area contributed by atoms with Gasteiger partial charge >= 0.3 is 6.18 Å². The topological polar surface area (TPSA) is 164 Å². The highest BCUT2D eigenvalue weighted by Gasteiger charge is 2.57. The van der Waals surface area contributed by atoms with Gasteiger partial charge < -0.3 is 30.9 Å². The number of hydrogen-bond acceptors (Lipinski definition) is 7. The lowest BCUT2D eigenvalue weighted by Gasteiger charge is -2.31. The van der Waals surface area contributed by atoms with E-state index < -0.39 is 47.1 Å². The van der Waals surface area contributed by atoms with Gasteiger partial charge in [0, 0.05) is 29.5 Å². The summed E-state index contributed by atoms with van der Waals surface area (Å²) < 4.78 is 69.5. The van der Waals surface area contributed by atoms with Gasteiger partial charge in [-0.3, -0.25) is 15.0 Å². The highest BCUT2D eigenvalue weighted by Crippen LogP contribution is 2.48. The monoisotopic (exact) mass is 630 g/mol. The molecule has 5 rings (SSSR count). The number of pyridine rings is 1. The van der Waals surface area contributed by atoms with Gasteiger partial charge in [0.25, 0.3) is 5.91 Å². The standard InChI is InChI=1S/C31H31F4N5O5/c1-15-6-16(9-19(32)7-15)25-26-21(29(2,14-45-26)28(37)42)11-23(40-25)30(43,31(33,34)35)13-39-27(41)17-8-18(12-38-20-4-5-20)24(36)22(10-17)44-3/h6-12,20,36,38,43H,4-5,13-14H2,1-3H3,(H2,37,42)(H,39,41)/p+1/b18-12-,36-24?/t29-,30?/m0/s1. The van der Waals surface area contributed by atoms with Crippen LogP contribution in [-0.4, -0.2) is 60.1 Å². The molecule has 1 saturated carbocycles. The number of carbonyl (C=O) groups is 2. The number of nitrogens with two attached hydrogens (primary N) is 2. The van der Waals surface area contributed by atoms with Gasteiger partial charge in [-0.05, 0) is 55.8 Å². The van der Waals surface area contributed by atoms with E-state index in [0.717, 1.165) is 25.0 Å². The van der Waals surface area contributed by atoms with E-state index in [1.807, 2.05) is 5.32 Å². The molecule has 1 aromatic carbocycles. The molecule has 45 heavy (non-hydrogen) atoms. The van der Waals surface area contributed by atoms with Gasteiger partial charge in [-0.15, -0.1) is 0 Å². The Morgan fingerprint density at radius 2 is 1.98 bits per heavy atom. The molecule has 0 bridgehead atoms. The third kappa shape index (κ3) is 5.94. The number of amides is 2. The van der Waals surface area contributed by atoms with Crippen LogP contribution in [0.25, 0.3) is 11.3 Å². The lowest BCUT2D eigenvalue weighted by Crippen LogP contribution is -2.80. The maximum Gasteiger partial charge on any atom is 0.424 e. The summed E-state index contributed by atoms with van der Waals surface area (Å²) in [5.74, 6) is -2.62. The van der Waals surface area contributed by atoms with E-state index in [2.05, 4.69) is 10.3 Å². The van der Waals surface area contributed by atoms with Crippen LogP contribution in [0.1, 0.15) is 36.6 Å². The molecule has 1 unspecified atom stereocenters. The summed E-state index contributed by atoms with van der Waals surface area (Å²) in [7, 11) is 1.30. The average molecular weight is 631 g/mol. The van der Waals surface area contributed by atoms with Crippen molar-refractivity contribution in [1.82, 2.24) is 10.3 Å². The molecule has 2 atom stereocenters. The molecule has 2 amide bonds. The molecule has 1 aromatic heterocycles. The van der Waals surface area contributed by atoms with Gasteiger partial charge in [-0.1, -0.05) is 0 Å². The molecule has 2 heterocycles. The molecular formula is C31H32F4N5O5+. The highest BCUT2D eigenvalue weighted by atomic mass is 19.4. The minimum Gasteiger partial charge on any atom is -0.494 e. The third-order valence-electron chi connectivity index (χ3n) is 8.11. The van der Waals surface area contributed by atoms with Gasteiger partial charge in [0.2, 0.25) is 11.5 Å². The van der Waals surface area contributed by atoms with Crippen molar-refractivity contribution < 1.29 is 47.0 Å². The van der Waals surface area contributed by atoms with Crippen molar-refractivity contribution >= 4 is 17.5 Å². The summed E-state index contributed by atoms with van der Waals surface area (Å²) in [6, 6.07) is 4.94. The normalized spacial score (nSPS) is 21.8. The van der Waals surface area contributed by atoms with Gasteiger partial charge in [-0.25, -0.2) is 9.37 Å². The summed E-state index contributed by atoms with van der Waals surface area (Å²) in [5, 5.41) is 23.6. The molecule has 238 valence electrons. The smallest absolute Gasteiger partial charge is 0.424 e. The zero-order chi connectivity index (χ0) is 32.9. The average Bonchev–Trinajstić information content (AvgIpc) is 3.74. The van der Waals surface area contributed by atoms with Crippen molar-refractivity contribution in [1.29, 1.82) is 5.41 Å². The first kappa shape index (κ1) is 31.9. The number of nitrogens with zero attached hydrogens (tertiary/aromatic N) is 1. The fourth-order valence-electron chi connectivity index (χ4n) is 5.10. The largest absolute Gasteiger partial charge is 0.494 e. The number of aliphatic hydroxyl groups is 1. The fraction of sp³-hybridized carbons (Fsp3) is 0.355. The second-order valence-corrected chi connectivity index (χ2v) is 11.6. The number of alkyl halides is 3. The number of benzene rings is 1. The van der Waals surface area contributed by atoms with E-state index >= 15 is 0 Å². The van der Waals surface area contributed by atoms with Gasteiger partial charge in [0.15, 0.2) is 0 Å². The Morgan fingerprint density at radius 3 is 2.58 bits per heavy atom. The SMILES string of the molecule is COC1=CC(C(=O)NCC(O)(c2cc3c(c(-c4cc(C)cc(F)c4)n2)OC[C@]3(C)C(N)=O)C(F)(F)F)=C/C(=C/[NH2+]C2CC2)C1=N. The number of aryl methyl sites for hydroxylation is 1. The lowest BCUT2D eigenvalue weighted by atomic mass is 9.81. The first-order valence-electron chi connectivity index (χ1n) is 14.0. The van der Waals surface area contributed by atoms with Crippen LogP contribution >= 0.6 is 0 Å². The predicted molar refractivity (Wildman–Crippen MR) is 153 cm³/mol. The van der Waals surface area contributed by atoms with Crippen LogP contribution in [0.15, 0.2) is 59.5 Å². The van der Waals surface area contributed by atoms with Crippen LogP contribution in [0.5, 0.6) is 5.75 Å². The molecule has 0 saturated heterocycles. The lowest BCUT2D eigenvalue weighted by molar-refractivity contribution is -0.602. The Hall–Kier alpha value is -4.56. The van der Waals surface area contributed by atoms with Crippen LogP contribution in [0.3, 0.4) is 0 Å². The summed E-state index contributed by atoms with van der Waals surface area (Å²) in [4.78, 5) is 29.7. The Balaban J connectivity index is 1.56. The number of quaternary nitrogens is 1. The van der Waals surface area contributed by atoms with Crippen molar-refractivity contribution in [3.8, 4) is 17.0 Å². The first-order valence-corrected chi connectivity index (χ1v) is 14.0. The number of fused-ring (bicyclic) bond motifs is 1. The van der Waals surface area contributed by atoms with Crippen molar-refractivity contribution in [3.05, 3.63) is 82.2 Å². The molecular weight excluding hydrogens is 598 g/mol. The fourth-order valence-corrected chi connectivity index (χ4v) is 5.10. The Bertz CT molecular complexity index is 1680. The van der Waals surface area contributed by atoms with Crippen LogP contribution in [0, 0.1) is 18.2 Å². The molecule has 3 aliphatic rings. The number of primary amides is 1. The number of aromatic nitrogens is 1.